The summed E-state index contributed by atoms with van der Waals surface area (Å²) in [5, 5.41) is 14.4. The van der Waals surface area contributed by atoms with E-state index in [1.54, 1.807) is 13.8 Å². The third kappa shape index (κ3) is 6.34. The average molecular weight is 543 g/mol. The third-order valence-electron chi connectivity index (χ3n) is 6.34. The number of hydrogen-bond acceptors (Lipinski definition) is 9. The van der Waals surface area contributed by atoms with Gasteiger partial charge in [0.15, 0.2) is 11.0 Å². The molecule has 38 heavy (non-hydrogen) atoms. The van der Waals surface area contributed by atoms with Gasteiger partial charge in [-0.3, -0.25) is 14.9 Å². The molecule has 1 aliphatic rings. The number of carbonyl (C=O) groups excluding carboxylic acids is 1. The number of rotatable bonds is 10. The predicted octanol–water partition coefficient (Wildman–Crippen LogP) is 3.49. The van der Waals surface area contributed by atoms with Crippen molar-refractivity contribution in [2.24, 2.45) is 0 Å². The molecule has 0 atom stereocenters. The number of alkyl halides is 1. The molecule has 1 saturated heterocycles. The van der Waals surface area contributed by atoms with Gasteiger partial charge in [-0.25, -0.2) is 14.2 Å². The zero-order chi connectivity index (χ0) is 26.5. The summed E-state index contributed by atoms with van der Waals surface area (Å²) in [4.78, 5) is 23.5. The van der Waals surface area contributed by atoms with Crippen molar-refractivity contribution >= 4 is 32.7 Å². The van der Waals surface area contributed by atoms with Crippen molar-refractivity contribution in [1.29, 1.82) is 0 Å². The molecule has 0 aliphatic carbocycles. The molecule has 0 spiro atoms. The second-order valence-electron chi connectivity index (χ2n) is 9.81. The molecular formula is C25H31FN8O3S. The van der Waals surface area contributed by atoms with Crippen LogP contribution in [-0.2, 0) is 23.1 Å². The van der Waals surface area contributed by atoms with Crippen LogP contribution in [0, 0.1) is 0 Å². The summed E-state index contributed by atoms with van der Waals surface area (Å²) in [6.07, 6.45) is 4.29. The summed E-state index contributed by atoms with van der Waals surface area (Å²) >= 11 is 1.40. The van der Waals surface area contributed by atoms with Gasteiger partial charge in [-0.15, -0.1) is 0 Å². The normalized spacial score (nSPS) is 14.7. The van der Waals surface area contributed by atoms with Gasteiger partial charge < -0.3 is 14.6 Å². The van der Waals surface area contributed by atoms with Crippen molar-refractivity contribution in [2.45, 2.75) is 32.2 Å². The number of carbonyl (C=O) groups is 1. The van der Waals surface area contributed by atoms with Crippen molar-refractivity contribution in [2.75, 3.05) is 51.4 Å². The van der Waals surface area contributed by atoms with Crippen LogP contribution in [0.5, 0.6) is 0 Å². The lowest BCUT2D eigenvalue weighted by molar-refractivity contribution is 0.0360. The van der Waals surface area contributed by atoms with Gasteiger partial charge in [0.1, 0.15) is 6.67 Å². The molecule has 2 N–H and O–H groups in total. The fourth-order valence-corrected chi connectivity index (χ4v) is 4.88. The van der Waals surface area contributed by atoms with E-state index in [1.807, 2.05) is 23.0 Å². The quantitative estimate of drug-likeness (QED) is 0.312. The van der Waals surface area contributed by atoms with Crippen LogP contribution in [0.25, 0.3) is 21.3 Å². The number of nitrogens with one attached hydrogen (secondary N) is 2. The fraction of sp³-hybridized carbons (Fsp3) is 0.480. The van der Waals surface area contributed by atoms with Crippen molar-refractivity contribution < 1.29 is 18.4 Å². The molecule has 4 aromatic rings. The summed E-state index contributed by atoms with van der Waals surface area (Å²) < 4.78 is 26.6. The lowest BCUT2D eigenvalue weighted by Gasteiger charge is -2.26. The van der Waals surface area contributed by atoms with Crippen LogP contribution in [0.2, 0.25) is 0 Å². The standard InChI is InChI=1S/C25H31FN8O3S/c1-25(2,16-26)22-30-21(32-37-22)5-6-27-23(35)31-24-29-19-4-3-17(13-20(19)38-24)18-14-28-34(15-18)8-7-33-9-11-36-12-10-33/h3-4,13-15H,5-12,16H2,1-2H3,(H2,27,29,31,35). The number of thiazole rings is 1. The topological polar surface area (TPSA) is 123 Å². The Morgan fingerprint density at radius 2 is 2.03 bits per heavy atom. The minimum Gasteiger partial charge on any atom is -0.379 e. The first-order valence-electron chi connectivity index (χ1n) is 12.6. The molecular weight excluding hydrogens is 511 g/mol. The highest BCUT2D eigenvalue weighted by Crippen LogP contribution is 2.30. The number of fused-ring (bicyclic) bond motifs is 1. The number of ether oxygens (including phenoxy) is 1. The molecule has 0 unspecified atom stereocenters. The van der Waals surface area contributed by atoms with E-state index in [4.69, 9.17) is 9.26 Å². The molecule has 3 aromatic heterocycles. The van der Waals surface area contributed by atoms with Gasteiger partial charge in [-0.05, 0) is 31.5 Å². The molecule has 11 nitrogen and oxygen atoms in total. The van der Waals surface area contributed by atoms with Gasteiger partial charge >= 0.3 is 6.03 Å². The number of halogens is 1. The number of hydrogen-bond donors (Lipinski definition) is 2. The molecule has 2 amide bonds. The Bertz CT molecular complexity index is 1380. The van der Waals surface area contributed by atoms with E-state index in [9.17, 15) is 9.18 Å². The van der Waals surface area contributed by atoms with Crippen LogP contribution in [0.15, 0.2) is 35.1 Å². The molecule has 0 saturated carbocycles. The van der Waals surface area contributed by atoms with Crippen LogP contribution in [0.3, 0.4) is 0 Å². The number of nitrogens with zero attached hydrogens (tertiary/aromatic N) is 6. The number of anilines is 1. The maximum Gasteiger partial charge on any atom is 0.321 e. The van der Waals surface area contributed by atoms with Gasteiger partial charge in [0, 0.05) is 44.4 Å². The Morgan fingerprint density at radius 3 is 2.84 bits per heavy atom. The van der Waals surface area contributed by atoms with Crippen LogP contribution in [0.1, 0.15) is 25.6 Å². The van der Waals surface area contributed by atoms with Crippen LogP contribution < -0.4 is 10.6 Å². The van der Waals surface area contributed by atoms with Gasteiger partial charge in [-0.2, -0.15) is 10.1 Å². The summed E-state index contributed by atoms with van der Waals surface area (Å²) in [6, 6.07) is 5.64. The van der Waals surface area contributed by atoms with E-state index < -0.39 is 12.1 Å². The van der Waals surface area contributed by atoms with Crippen LogP contribution >= 0.6 is 11.3 Å². The molecule has 1 fully saturated rings. The van der Waals surface area contributed by atoms with Crippen molar-refractivity contribution in [3.8, 4) is 11.1 Å². The van der Waals surface area contributed by atoms with E-state index in [-0.39, 0.29) is 11.9 Å². The molecule has 13 heteroatoms. The minimum absolute atomic E-state index is 0.244. The maximum atomic E-state index is 13.1. The maximum absolute atomic E-state index is 13.1. The fourth-order valence-electron chi connectivity index (χ4n) is 3.98. The van der Waals surface area contributed by atoms with Crippen LogP contribution in [-0.4, -0.2) is 81.9 Å². The molecule has 4 heterocycles. The van der Waals surface area contributed by atoms with E-state index in [0.29, 0.717) is 23.9 Å². The highest BCUT2D eigenvalue weighted by atomic mass is 32.1. The van der Waals surface area contributed by atoms with Gasteiger partial charge in [0.05, 0.1) is 41.6 Å². The number of urea groups is 1. The van der Waals surface area contributed by atoms with Crippen molar-refractivity contribution in [3.63, 3.8) is 0 Å². The molecule has 5 rings (SSSR count). The Kier molecular flexibility index (Phi) is 7.95. The predicted molar refractivity (Wildman–Crippen MR) is 142 cm³/mol. The Labute approximate surface area is 223 Å². The SMILES string of the molecule is CC(C)(CF)c1nc(CCNC(=O)Nc2nc3ccc(-c4cnn(CCN5CCOCC5)c4)cc3s2)no1. The summed E-state index contributed by atoms with van der Waals surface area (Å²) in [6.45, 7) is 8.37. The molecule has 0 radical (unpaired) electrons. The van der Waals surface area contributed by atoms with Crippen molar-refractivity contribution in [3.05, 3.63) is 42.3 Å². The van der Waals surface area contributed by atoms with E-state index in [1.165, 1.54) is 11.3 Å². The average Bonchev–Trinajstić information content (AvgIpc) is 3.67. The molecule has 202 valence electrons. The van der Waals surface area contributed by atoms with E-state index in [0.717, 1.165) is 60.7 Å². The Balaban J connectivity index is 1.13. The second kappa shape index (κ2) is 11.5. The van der Waals surface area contributed by atoms with E-state index >= 15 is 0 Å². The molecule has 0 bridgehead atoms. The van der Waals surface area contributed by atoms with E-state index in [2.05, 4.69) is 48.0 Å². The number of amides is 2. The van der Waals surface area contributed by atoms with Gasteiger partial charge in [0.2, 0.25) is 5.89 Å². The summed E-state index contributed by atoms with van der Waals surface area (Å²) in [5.41, 5.74) is 2.06. The lowest BCUT2D eigenvalue weighted by Crippen LogP contribution is -2.38. The van der Waals surface area contributed by atoms with Gasteiger partial charge in [-0.1, -0.05) is 22.6 Å². The van der Waals surface area contributed by atoms with Crippen molar-refractivity contribution in [1.82, 2.24) is 35.1 Å². The molecule has 1 aromatic carbocycles. The number of aromatic nitrogens is 5. The Hall–Kier alpha value is -3.42. The number of benzene rings is 1. The Morgan fingerprint density at radius 1 is 1.18 bits per heavy atom. The molecule has 1 aliphatic heterocycles. The highest BCUT2D eigenvalue weighted by molar-refractivity contribution is 7.22. The summed E-state index contributed by atoms with van der Waals surface area (Å²) in [7, 11) is 0. The first kappa shape index (κ1) is 26.2. The number of morpholine rings is 1. The monoisotopic (exact) mass is 542 g/mol. The zero-order valence-electron chi connectivity index (χ0n) is 21.4. The highest BCUT2D eigenvalue weighted by Gasteiger charge is 2.27. The summed E-state index contributed by atoms with van der Waals surface area (Å²) in [5.74, 6) is 0.660. The third-order valence-corrected chi connectivity index (χ3v) is 7.27. The largest absolute Gasteiger partial charge is 0.379 e. The zero-order valence-corrected chi connectivity index (χ0v) is 22.3. The minimum atomic E-state index is -0.827. The first-order chi connectivity index (χ1) is 18.4. The second-order valence-corrected chi connectivity index (χ2v) is 10.8. The smallest absolute Gasteiger partial charge is 0.321 e. The van der Waals surface area contributed by atoms with Crippen LogP contribution in [0.4, 0.5) is 14.3 Å². The lowest BCUT2D eigenvalue weighted by atomic mass is 9.96. The van der Waals surface area contributed by atoms with Gasteiger partial charge in [0.25, 0.3) is 0 Å². The first-order valence-corrected chi connectivity index (χ1v) is 13.4.